The largest absolute Gasteiger partial charge is 0.497 e. The molecule has 0 unspecified atom stereocenters. The van der Waals surface area contributed by atoms with Gasteiger partial charge in [-0.15, -0.1) is 10.2 Å². The Hall–Kier alpha value is -2.86. The third kappa shape index (κ3) is 4.36. The molecule has 25 heavy (non-hydrogen) atoms. The smallest absolute Gasteiger partial charge is 0.279 e. The Morgan fingerprint density at radius 1 is 1.08 bits per heavy atom. The van der Waals surface area contributed by atoms with Crippen molar-refractivity contribution < 1.29 is 4.74 Å². The highest BCUT2D eigenvalue weighted by Crippen LogP contribution is 2.17. The fourth-order valence-electron chi connectivity index (χ4n) is 2.33. The van der Waals surface area contributed by atoms with Gasteiger partial charge in [0, 0.05) is 17.1 Å². The molecule has 1 aromatic heterocycles. The van der Waals surface area contributed by atoms with Gasteiger partial charge in [-0.25, -0.2) is 0 Å². The fourth-order valence-corrected chi connectivity index (χ4v) is 2.46. The molecule has 0 spiro atoms. The normalized spacial score (nSPS) is 10.5. The molecule has 0 aliphatic carbocycles. The van der Waals surface area contributed by atoms with Gasteiger partial charge >= 0.3 is 0 Å². The van der Waals surface area contributed by atoms with E-state index in [4.69, 9.17) is 16.3 Å². The second kappa shape index (κ2) is 7.81. The predicted octanol–water partition coefficient (Wildman–Crippen LogP) is 3.15. The number of ether oxygens (including phenoxy) is 1. The first kappa shape index (κ1) is 17.0. The highest BCUT2D eigenvalue weighted by molar-refractivity contribution is 6.30. The quantitative estimate of drug-likeness (QED) is 0.709. The Bertz CT molecular complexity index is 892. The van der Waals surface area contributed by atoms with Gasteiger partial charge in [0.25, 0.3) is 5.56 Å². The minimum atomic E-state index is -0.297. The van der Waals surface area contributed by atoms with Crippen LogP contribution < -0.4 is 15.6 Å². The number of aromatic nitrogens is 3. The molecule has 2 N–H and O–H groups in total. The molecular weight excluding hydrogens is 340 g/mol. The number of nitrogens with one attached hydrogen (secondary N) is 2. The van der Waals surface area contributed by atoms with Gasteiger partial charge in [0.05, 0.1) is 7.11 Å². The summed E-state index contributed by atoms with van der Waals surface area (Å²) in [4.78, 5) is 14.9. The summed E-state index contributed by atoms with van der Waals surface area (Å²) in [6.07, 6.45) is 0.779. The minimum Gasteiger partial charge on any atom is -0.497 e. The summed E-state index contributed by atoms with van der Waals surface area (Å²) in [5.74, 6) is 1.06. The number of hydrogen-bond donors (Lipinski definition) is 2. The molecule has 0 radical (unpaired) electrons. The van der Waals surface area contributed by atoms with Crippen LogP contribution in [0.3, 0.4) is 0 Å². The van der Waals surface area contributed by atoms with E-state index in [9.17, 15) is 4.79 Å². The maximum atomic E-state index is 12.2. The summed E-state index contributed by atoms with van der Waals surface area (Å²) in [5.41, 5.74) is 1.80. The first-order valence-electron chi connectivity index (χ1n) is 7.75. The van der Waals surface area contributed by atoms with Gasteiger partial charge in [0.15, 0.2) is 5.69 Å². The van der Waals surface area contributed by atoms with Crippen LogP contribution in [0.1, 0.15) is 5.56 Å². The number of H-pyrrole nitrogens is 1. The number of benzene rings is 2. The number of methoxy groups -OCH3 is 1. The van der Waals surface area contributed by atoms with Crippen molar-refractivity contribution in [1.82, 2.24) is 15.2 Å². The molecule has 2 aromatic carbocycles. The molecule has 7 heteroatoms. The second-order valence-electron chi connectivity index (χ2n) is 5.38. The second-order valence-corrected chi connectivity index (χ2v) is 5.82. The van der Waals surface area contributed by atoms with Gasteiger partial charge in [-0.3, -0.25) is 9.78 Å². The molecule has 0 aliphatic rings. The first-order valence-corrected chi connectivity index (χ1v) is 8.13. The number of rotatable bonds is 6. The van der Waals surface area contributed by atoms with Crippen LogP contribution in [0.4, 0.5) is 5.95 Å². The molecule has 0 amide bonds. The lowest BCUT2D eigenvalue weighted by Crippen LogP contribution is -2.18. The fraction of sp³-hybridized carbons (Fsp3) is 0.167. The molecule has 0 fully saturated rings. The van der Waals surface area contributed by atoms with Crippen LogP contribution >= 0.6 is 11.6 Å². The van der Waals surface area contributed by atoms with E-state index in [-0.39, 0.29) is 11.3 Å². The molecule has 0 bridgehead atoms. The van der Waals surface area contributed by atoms with Crippen molar-refractivity contribution in [3.8, 4) is 17.0 Å². The molecule has 0 atom stereocenters. The number of anilines is 1. The zero-order chi connectivity index (χ0) is 17.6. The number of aromatic amines is 1. The van der Waals surface area contributed by atoms with Crippen molar-refractivity contribution in [2.24, 2.45) is 0 Å². The summed E-state index contributed by atoms with van der Waals surface area (Å²) in [7, 11) is 1.59. The highest BCUT2D eigenvalue weighted by atomic mass is 35.5. The van der Waals surface area contributed by atoms with Crippen molar-refractivity contribution in [2.45, 2.75) is 6.42 Å². The number of halogens is 1. The van der Waals surface area contributed by atoms with Crippen molar-refractivity contribution >= 4 is 17.5 Å². The summed E-state index contributed by atoms with van der Waals surface area (Å²) in [6.45, 7) is 0.619. The van der Waals surface area contributed by atoms with Gasteiger partial charge < -0.3 is 10.1 Å². The van der Waals surface area contributed by atoms with Crippen molar-refractivity contribution in [2.75, 3.05) is 19.0 Å². The average molecular weight is 357 g/mol. The van der Waals surface area contributed by atoms with Gasteiger partial charge in [-0.05, 0) is 48.4 Å². The van der Waals surface area contributed by atoms with Gasteiger partial charge in [0.2, 0.25) is 5.95 Å². The van der Waals surface area contributed by atoms with E-state index in [0.29, 0.717) is 28.8 Å². The predicted molar refractivity (Wildman–Crippen MR) is 98.3 cm³/mol. The standard InChI is InChI=1S/C18H17ClN4O2/c1-25-15-8-4-13(5-9-15)16-17(24)21-18(23-22-16)20-11-10-12-2-6-14(19)7-3-12/h2-9H,10-11H2,1H3,(H2,20,21,23,24). The van der Waals surface area contributed by atoms with Crippen molar-refractivity contribution in [1.29, 1.82) is 0 Å². The van der Waals surface area contributed by atoms with Crippen LogP contribution in [0.2, 0.25) is 5.02 Å². The van der Waals surface area contributed by atoms with Crippen LogP contribution in [0.25, 0.3) is 11.3 Å². The van der Waals surface area contributed by atoms with Crippen LogP contribution in [-0.2, 0) is 6.42 Å². The van der Waals surface area contributed by atoms with E-state index in [1.807, 2.05) is 24.3 Å². The Labute approximate surface area is 149 Å². The van der Waals surface area contributed by atoms with Gasteiger partial charge in [0.1, 0.15) is 5.75 Å². The van der Waals surface area contributed by atoms with E-state index >= 15 is 0 Å². The van der Waals surface area contributed by atoms with Gasteiger partial charge in [-0.2, -0.15) is 0 Å². The summed E-state index contributed by atoms with van der Waals surface area (Å²) < 4.78 is 5.10. The first-order chi connectivity index (χ1) is 12.2. The van der Waals surface area contributed by atoms with E-state index in [1.54, 1.807) is 31.4 Å². The van der Waals surface area contributed by atoms with Crippen LogP contribution in [0.15, 0.2) is 53.3 Å². The molecule has 128 valence electrons. The average Bonchev–Trinajstić information content (AvgIpc) is 2.64. The zero-order valence-electron chi connectivity index (χ0n) is 13.6. The van der Waals surface area contributed by atoms with E-state index in [1.165, 1.54) is 0 Å². The van der Waals surface area contributed by atoms with E-state index < -0.39 is 0 Å². The third-order valence-electron chi connectivity index (χ3n) is 3.68. The number of nitrogens with zero attached hydrogens (tertiary/aromatic N) is 2. The summed E-state index contributed by atoms with van der Waals surface area (Å²) in [6, 6.07) is 14.7. The molecule has 3 rings (SSSR count). The molecule has 0 saturated carbocycles. The summed E-state index contributed by atoms with van der Waals surface area (Å²) in [5, 5.41) is 11.8. The molecule has 0 saturated heterocycles. The Morgan fingerprint density at radius 2 is 1.80 bits per heavy atom. The van der Waals surface area contributed by atoms with Crippen LogP contribution in [-0.4, -0.2) is 28.8 Å². The SMILES string of the molecule is COc1ccc(-c2nnc(NCCc3ccc(Cl)cc3)[nH]c2=O)cc1. The van der Waals surface area contributed by atoms with Crippen molar-refractivity contribution in [3.05, 3.63) is 69.5 Å². The Morgan fingerprint density at radius 3 is 2.44 bits per heavy atom. The Kier molecular flexibility index (Phi) is 5.30. The lowest BCUT2D eigenvalue weighted by atomic mass is 10.1. The lowest BCUT2D eigenvalue weighted by Gasteiger charge is -2.06. The molecule has 6 nitrogen and oxygen atoms in total. The highest BCUT2D eigenvalue weighted by Gasteiger charge is 2.07. The minimum absolute atomic E-state index is 0.269. The maximum Gasteiger partial charge on any atom is 0.279 e. The monoisotopic (exact) mass is 356 g/mol. The molecule has 0 aliphatic heterocycles. The third-order valence-corrected chi connectivity index (χ3v) is 3.93. The van der Waals surface area contributed by atoms with Gasteiger partial charge in [-0.1, -0.05) is 23.7 Å². The molecule has 3 aromatic rings. The number of hydrogen-bond acceptors (Lipinski definition) is 5. The van der Waals surface area contributed by atoms with Crippen LogP contribution in [0.5, 0.6) is 5.75 Å². The lowest BCUT2D eigenvalue weighted by molar-refractivity contribution is 0.415. The maximum absolute atomic E-state index is 12.2. The molecular formula is C18H17ClN4O2. The summed E-state index contributed by atoms with van der Waals surface area (Å²) >= 11 is 5.86. The molecule has 1 heterocycles. The van der Waals surface area contributed by atoms with Crippen molar-refractivity contribution in [3.63, 3.8) is 0 Å². The van der Waals surface area contributed by atoms with E-state index in [0.717, 1.165) is 12.0 Å². The Balaban J connectivity index is 1.65. The van der Waals surface area contributed by atoms with E-state index in [2.05, 4.69) is 20.5 Å². The van der Waals surface area contributed by atoms with Crippen LogP contribution in [0, 0.1) is 0 Å². The topological polar surface area (TPSA) is 79.9 Å². The zero-order valence-corrected chi connectivity index (χ0v) is 14.4.